The van der Waals surface area contributed by atoms with Gasteiger partial charge in [-0.1, -0.05) is 36.4 Å². The zero-order chi connectivity index (χ0) is 27.9. The van der Waals surface area contributed by atoms with Crippen LogP contribution < -0.4 is 26.0 Å². The molecule has 4 aromatic rings. The maximum absolute atomic E-state index is 12.4. The molecule has 0 bridgehead atoms. The molecule has 4 N–H and O–H groups in total. The number of nitrogens with one attached hydrogen (secondary N) is 4. The monoisotopic (exact) mass is 530 g/mol. The highest BCUT2D eigenvalue weighted by Gasteiger charge is 2.18. The number of methoxy groups -OCH3 is 1. The van der Waals surface area contributed by atoms with Crippen molar-refractivity contribution in [1.82, 2.24) is 25.8 Å². The van der Waals surface area contributed by atoms with E-state index < -0.39 is 0 Å². The summed E-state index contributed by atoms with van der Waals surface area (Å²) in [7, 11) is 3.36. The summed E-state index contributed by atoms with van der Waals surface area (Å²) in [6.45, 7) is 4.10. The van der Waals surface area contributed by atoms with Gasteiger partial charge in [0.15, 0.2) is 5.82 Å². The first-order valence-electron chi connectivity index (χ1n) is 12.9. The minimum Gasteiger partial charge on any atom is -0.496 e. The van der Waals surface area contributed by atoms with Crippen molar-refractivity contribution in [1.29, 1.82) is 0 Å². The molecular weight excluding hydrogens is 496 g/mol. The zero-order valence-electron chi connectivity index (χ0n) is 22.6. The van der Waals surface area contributed by atoms with Crippen molar-refractivity contribution in [2.75, 3.05) is 19.1 Å². The maximum Gasteiger partial charge on any atom is 0.340 e. The fourth-order valence-electron chi connectivity index (χ4n) is 4.58. The number of carbonyl (C=O) groups excluding carboxylic acids is 2. The molecule has 0 aliphatic carbocycles. The molecule has 0 saturated carbocycles. The van der Waals surface area contributed by atoms with E-state index in [-0.39, 0.29) is 23.7 Å². The van der Waals surface area contributed by atoms with Crippen molar-refractivity contribution in [2.45, 2.75) is 45.3 Å². The van der Waals surface area contributed by atoms with E-state index in [1.807, 2.05) is 68.4 Å². The molecule has 10 heteroatoms. The molecular formula is C29H34N6O4. The molecule has 1 unspecified atom stereocenters. The van der Waals surface area contributed by atoms with E-state index in [0.717, 1.165) is 46.0 Å². The lowest BCUT2D eigenvalue weighted by molar-refractivity contribution is -0.123. The predicted molar refractivity (Wildman–Crippen MR) is 152 cm³/mol. The number of hydrogen-bond acceptors (Lipinski definition) is 6. The molecule has 2 amide bonds. The van der Waals surface area contributed by atoms with Crippen molar-refractivity contribution >= 4 is 28.8 Å². The number of H-pyrrole nitrogens is 2. The van der Waals surface area contributed by atoms with E-state index in [4.69, 9.17) is 4.74 Å². The Balaban J connectivity index is 1.60. The van der Waals surface area contributed by atoms with Crippen LogP contribution >= 0.6 is 0 Å². The quantitative estimate of drug-likeness (QED) is 0.208. The fraction of sp³-hybridized carbons (Fsp3) is 0.310. The van der Waals surface area contributed by atoms with Crippen molar-refractivity contribution < 1.29 is 14.3 Å². The van der Waals surface area contributed by atoms with Crippen LogP contribution in [0.3, 0.4) is 0 Å². The van der Waals surface area contributed by atoms with Crippen LogP contribution in [0.4, 0.5) is 5.69 Å². The second-order valence-electron chi connectivity index (χ2n) is 9.53. The van der Waals surface area contributed by atoms with Crippen molar-refractivity contribution in [3.05, 3.63) is 76.2 Å². The average Bonchev–Trinajstić information content (AvgIpc) is 3.40. The van der Waals surface area contributed by atoms with Gasteiger partial charge in [0.2, 0.25) is 12.3 Å². The van der Waals surface area contributed by atoms with Crippen LogP contribution in [0, 0.1) is 0 Å². The smallest absolute Gasteiger partial charge is 0.340 e. The van der Waals surface area contributed by atoms with Crippen LogP contribution in [0.15, 0.2) is 59.4 Å². The summed E-state index contributed by atoms with van der Waals surface area (Å²) >= 11 is 0. The molecule has 10 nitrogen and oxygen atoms in total. The number of aromatic amines is 2. The second kappa shape index (κ2) is 12.4. The standard InChI is InChI=1S/C29H34N6O4/c1-18(31-28(37)19(2)30-3)9-10-20-7-5-6-8-25(20)35(17-36)16-24-23-13-11-22(27-32-29(38)34-33-27)15-21(23)12-14-26(24)39-4/h5-8,11-15,17-19,30H,9-10,16H2,1-4H3,(H,31,37)(H2,32,33,34,38)/t18?,19-/m0/s1. The number of rotatable bonds is 12. The third kappa shape index (κ3) is 6.35. The van der Waals surface area contributed by atoms with Gasteiger partial charge < -0.3 is 20.3 Å². The SMILES string of the molecule is CN[C@@H](C)C(=O)NC(C)CCc1ccccc1N(C=O)Cc1c(OC)ccc2cc(-c3n[nH]c(=O)[nH]3)ccc12. The van der Waals surface area contributed by atoms with Crippen LogP contribution in [-0.2, 0) is 22.6 Å². The third-order valence-corrected chi connectivity index (χ3v) is 6.90. The lowest BCUT2D eigenvalue weighted by Crippen LogP contribution is -2.44. The molecule has 204 valence electrons. The molecule has 0 aliphatic heterocycles. The van der Waals surface area contributed by atoms with Crippen LogP contribution in [0.2, 0.25) is 0 Å². The molecule has 0 spiro atoms. The summed E-state index contributed by atoms with van der Waals surface area (Å²) in [5, 5.41) is 14.2. The van der Waals surface area contributed by atoms with Crippen LogP contribution in [0.5, 0.6) is 5.75 Å². The zero-order valence-corrected chi connectivity index (χ0v) is 22.6. The number of carbonyl (C=O) groups is 2. The predicted octanol–water partition coefficient (Wildman–Crippen LogP) is 3.13. The Hall–Kier alpha value is -4.44. The van der Waals surface area contributed by atoms with Crippen molar-refractivity contribution in [2.24, 2.45) is 0 Å². The molecule has 2 atom stereocenters. The molecule has 1 heterocycles. The first kappa shape index (κ1) is 27.6. The molecule has 0 saturated heterocycles. The number of ether oxygens (including phenoxy) is 1. The maximum atomic E-state index is 12.4. The first-order valence-corrected chi connectivity index (χ1v) is 12.9. The molecule has 3 aromatic carbocycles. The van der Waals surface area contributed by atoms with Gasteiger partial charge in [0, 0.05) is 22.9 Å². The number of anilines is 1. The summed E-state index contributed by atoms with van der Waals surface area (Å²) in [5.74, 6) is 1.08. The van der Waals surface area contributed by atoms with Gasteiger partial charge in [0.1, 0.15) is 5.75 Å². The van der Waals surface area contributed by atoms with Crippen LogP contribution in [0.1, 0.15) is 31.4 Å². The number of nitrogens with zero attached hydrogens (tertiary/aromatic N) is 2. The van der Waals surface area contributed by atoms with Crippen molar-refractivity contribution in [3.8, 4) is 17.1 Å². The summed E-state index contributed by atoms with van der Waals surface area (Å²) < 4.78 is 5.67. The molecule has 0 fully saturated rings. The summed E-state index contributed by atoms with van der Waals surface area (Å²) in [6, 6.07) is 17.1. The Kier molecular flexibility index (Phi) is 8.77. The number of hydrogen-bond donors (Lipinski definition) is 4. The topological polar surface area (TPSA) is 132 Å². The number of aromatic nitrogens is 3. The highest BCUT2D eigenvalue weighted by Crippen LogP contribution is 2.33. The van der Waals surface area contributed by atoms with Crippen molar-refractivity contribution in [3.63, 3.8) is 0 Å². The Morgan fingerprint density at radius 1 is 1.15 bits per heavy atom. The molecule has 4 rings (SSSR count). The minimum absolute atomic E-state index is 0.0251. The van der Waals surface area contributed by atoms with E-state index in [9.17, 15) is 14.4 Å². The summed E-state index contributed by atoms with van der Waals surface area (Å²) in [6.07, 6.45) is 2.25. The van der Waals surface area contributed by atoms with E-state index >= 15 is 0 Å². The third-order valence-electron chi connectivity index (χ3n) is 6.90. The number of fused-ring (bicyclic) bond motifs is 1. The van der Waals surface area contributed by atoms with Crippen LogP contribution in [-0.4, -0.2) is 53.7 Å². The number of benzene rings is 3. The Morgan fingerprint density at radius 3 is 2.64 bits per heavy atom. The lowest BCUT2D eigenvalue weighted by atomic mass is 9.99. The number of para-hydroxylation sites is 1. The number of aryl methyl sites for hydroxylation is 1. The Morgan fingerprint density at radius 2 is 1.95 bits per heavy atom. The van der Waals surface area contributed by atoms with Gasteiger partial charge in [-0.25, -0.2) is 9.89 Å². The molecule has 0 aliphatic rings. The summed E-state index contributed by atoms with van der Waals surface area (Å²) in [4.78, 5) is 40.5. The van der Waals surface area contributed by atoms with Crippen LogP contribution in [0.25, 0.3) is 22.2 Å². The van der Waals surface area contributed by atoms with E-state index in [2.05, 4.69) is 25.8 Å². The minimum atomic E-state index is -0.370. The van der Waals surface area contributed by atoms with E-state index in [1.54, 1.807) is 19.1 Å². The Labute approximate surface area is 226 Å². The van der Waals surface area contributed by atoms with Gasteiger partial charge in [0.25, 0.3) is 0 Å². The van der Waals surface area contributed by atoms with Gasteiger partial charge in [-0.15, -0.1) is 0 Å². The lowest BCUT2D eigenvalue weighted by Gasteiger charge is -2.24. The fourth-order valence-corrected chi connectivity index (χ4v) is 4.58. The number of amides is 2. The largest absolute Gasteiger partial charge is 0.496 e. The second-order valence-corrected chi connectivity index (χ2v) is 9.53. The van der Waals surface area contributed by atoms with Gasteiger partial charge >= 0.3 is 5.69 Å². The summed E-state index contributed by atoms with van der Waals surface area (Å²) in [5.41, 5.74) is 3.07. The van der Waals surface area contributed by atoms with Gasteiger partial charge in [-0.3, -0.25) is 14.6 Å². The molecule has 0 radical (unpaired) electrons. The van der Waals surface area contributed by atoms with Gasteiger partial charge in [-0.2, -0.15) is 5.10 Å². The molecule has 39 heavy (non-hydrogen) atoms. The van der Waals surface area contributed by atoms with E-state index in [1.165, 1.54) is 0 Å². The Bertz CT molecular complexity index is 1510. The highest BCUT2D eigenvalue weighted by molar-refractivity contribution is 5.92. The first-order chi connectivity index (χ1) is 18.8. The normalized spacial score (nSPS) is 12.6. The number of likely N-dealkylation sites (N-methyl/N-ethyl adjacent to an activating group) is 1. The average molecular weight is 531 g/mol. The highest BCUT2D eigenvalue weighted by atomic mass is 16.5. The van der Waals surface area contributed by atoms with Gasteiger partial charge in [-0.05, 0) is 68.3 Å². The van der Waals surface area contributed by atoms with E-state index in [0.29, 0.717) is 24.5 Å². The van der Waals surface area contributed by atoms with Gasteiger partial charge in [0.05, 0.1) is 19.7 Å². The molecule has 1 aromatic heterocycles.